The molecule has 2 aromatic rings. The van der Waals surface area contributed by atoms with Crippen LogP contribution in [0.25, 0.3) is 0 Å². The molecule has 6 heteroatoms. The van der Waals surface area contributed by atoms with Crippen LogP contribution in [0.3, 0.4) is 0 Å². The van der Waals surface area contributed by atoms with Gasteiger partial charge in [0.15, 0.2) is 0 Å². The van der Waals surface area contributed by atoms with Crippen molar-refractivity contribution in [1.29, 1.82) is 0 Å². The summed E-state index contributed by atoms with van der Waals surface area (Å²) >= 11 is 1.85. The summed E-state index contributed by atoms with van der Waals surface area (Å²) in [5.41, 5.74) is 1.77. The Balaban J connectivity index is 1.52. The molecule has 4 heterocycles. The molecule has 132 valence electrons. The molecule has 0 radical (unpaired) electrons. The van der Waals surface area contributed by atoms with E-state index < -0.39 is 0 Å². The SMILES string of the molecule is CN(C)C(=O)c1cccc(N2CCC3(CC2)OCCc2sccc23)n1. The summed E-state index contributed by atoms with van der Waals surface area (Å²) in [6.07, 6.45) is 2.96. The van der Waals surface area contributed by atoms with E-state index in [0.717, 1.165) is 44.8 Å². The Kier molecular flexibility index (Phi) is 4.25. The first-order valence-corrected chi connectivity index (χ1v) is 9.61. The smallest absolute Gasteiger partial charge is 0.272 e. The van der Waals surface area contributed by atoms with Crippen LogP contribution >= 0.6 is 11.3 Å². The lowest BCUT2D eigenvalue weighted by atomic mass is 9.82. The highest BCUT2D eigenvalue weighted by Gasteiger charge is 2.41. The van der Waals surface area contributed by atoms with E-state index in [1.807, 2.05) is 23.5 Å². The molecule has 0 aromatic carbocycles. The van der Waals surface area contributed by atoms with Gasteiger partial charge in [-0.15, -0.1) is 11.3 Å². The standard InChI is InChI=1S/C19H23N3O2S/c1-21(2)18(23)15-4-3-5-17(20-15)22-10-8-19(9-11-22)14-7-13-25-16(14)6-12-24-19/h3-5,7,13H,6,8-12H2,1-2H3. The third kappa shape index (κ3) is 2.93. The molecule has 1 saturated heterocycles. The number of hydrogen-bond acceptors (Lipinski definition) is 5. The average Bonchev–Trinajstić information content (AvgIpc) is 3.12. The first-order chi connectivity index (χ1) is 12.1. The maximum Gasteiger partial charge on any atom is 0.272 e. The van der Waals surface area contributed by atoms with Gasteiger partial charge in [0.1, 0.15) is 11.5 Å². The number of carbonyl (C=O) groups is 1. The predicted molar refractivity (Wildman–Crippen MR) is 99.4 cm³/mol. The molecule has 0 saturated carbocycles. The van der Waals surface area contributed by atoms with E-state index in [4.69, 9.17) is 4.74 Å². The fourth-order valence-electron chi connectivity index (χ4n) is 3.82. The zero-order valence-electron chi connectivity index (χ0n) is 14.7. The van der Waals surface area contributed by atoms with Gasteiger partial charge in [-0.1, -0.05) is 6.07 Å². The Hall–Kier alpha value is -1.92. The number of ether oxygens (including phenoxy) is 1. The van der Waals surface area contributed by atoms with Crippen LogP contribution in [0.15, 0.2) is 29.6 Å². The number of piperidine rings is 1. The minimum atomic E-state index is -0.124. The number of amides is 1. The Morgan fingerprint density at radius 3 is 2.84 bits per heavy atom. The third-order valence-electron chi connectivity index (χ3n) is 5.20. The molecule has 0 unspecified atom stereocenters. The van der Waals surface area contributed by atoms with Gasteiger partial charge in [-0.2, -0.15) is 0 Å². The molecule has 2 aliphatic rings. The number of thiophene rings is 1. The van der Waals surface area contributed by atoms with Crippen molar-refractivity contribution in [1.82, 2.24) is 9.88 Å². The van der Waals surface area contributed by atoms with Crippen LogP contribution in [0.2, 0.25) is 0 Å². The molecule has 4 rings (SSSR count). The predicted octanol–water partition coefficient (Wildman–Crippen LogP) is 2.91. The lowest BCUT2D eigenvalue weighted by molar-refractivity contribution is -0.0757. The Labute approximate surface area is 152 Å². The second kappa shape index (κ2) is 6.42. The van der Waals surface area contributed by atoms with E-state index >= 15 is 0 Å². The van der Waals surface area contributed by atoms with Gasteiger partial charge >= 0.3 is 0 Å². The normalized spacial score (nSPS) is 18.9. The van der Waals surface area contributed by atoms with Crippen LogP contribution in [0.5, 0.6) is 0 Å². The average molecular weight is 357 g/mol. The van der Waals surface area contributed by atoms with E-state index in [0.29, 0.717) is 5.69 Å². The fraction of sp³-hybridized carbons (Fsp3) is 0.474. The molecular formula is C19H23N3O2S. The Morgan fingerprint density at radius 1 is 1.28 bits per heavy atom. The summed E-state index contributed by atoms with van der Waals surface area (Å²) < 4.78 is 6.27. The van der Waals surface area contributed by atoms with Gasteiger partial charge in [-0.3, -0.25) is 4.79 Å². The van der Waals surface area contributed by atoms with Gasteiger partial charge in [0.05, 0.1) is 12.2 Å². The number of nitrogens with zero attached hydrogens (tertiary/aromatic N) is 3. The number of rotatable bonds is 2. The summed E-state index contributed by atoms with van der Waals surface area (Å²) in [6, 6.07) is 7.92. The van der Waals surface area contributed by atoms with Crippen molar-refractivity contribution in [3.8, 4) is 0 Å². The zero-order valence-corrected chi connectivity index (χ0v) is 15.5. The highest BCUT2D eigenvalue weighted by atomic mass is 32.1. The van der Waals surface area contributed by atoms with Crippen LogP contribution in [0.4, 0.5) is 5.82 Å². The Bertz CT molecular complexity index is 778. The van der Waals surface area contributed by atoms with Crippen molar-refractivity contribution >= 4 is 23.1 Å². The number of carbonyl (C=O) groups excluding carboxylic acids is 1. The van der Waals surface area contributed by atoms with Crippen molar-refractivity contribution in [3.05, 3.63) is 45.8 Å². The molecule has 2 aliphatic heterocycles. The van der Waals surface area contributed by atoms with Crippen molar-refractivity contribution in [2.24, 2.45) is 0 Å². The lowest BCUT2D eigenvalue weighted by Crippen LogP contribution is -2.46. The number of fused-ring (bicyclic) bond motifs is 2. The first kappa shape index (κ1) is 16.5. The Morgan fingerprint density at radius 2 is 2.08 bits per heavy atom. The molecule has 1 spiro atoms. The molecule has 1 fully saturated rings. The molecule has 0 N–H and O–H groups in total. The maximum atomic E-state index is 12.2. The van der Waals surface area contributed by atoms with Crippen LogP contribution < -0.4 is 4.90 Å². The summed E-state index contributed by atoms with van der Waals surface area (Å²) in [6.45, 7) is 2.60. The number of hydrogen-bond donors (Lipinski definition) is 0. The molecule has 2 aromatic heterocycles. The van der Waals surface area contributed by atoms with Crippen LogP contribution in [0.1, 0.15) is 33.8 Å². The summed E-state index contributed by atoms with van der Waals surface area (Å²) in [4.78, 5) is 22.0. The van der Waals surface area contributed by atoms with Crippen LogP contribution in [-0.2, 0) is 16.8 Å². The van der Waals surface area contributed by atoms with Crippen molar-refractivity contribution in [2.75, 3.05) is 38.7 Å². The molecule has 25 heavy (non-hydrogen) atoms. The molecular weight excluding hydrogens is 334 g/mol. The van der Waals surface area contributed by atoms with Crippen LogP contribution in [0, 0.1) is 0 Å². The van der Waals surface area contributed by atoms with Crippen molar-refractivity contribution < 1.29 is 9.53 Å². The summed E-state index contributed by atoms with van der Waals surface area (Å²) in [5.74, 6) is 0.817. The molecule has 5 nitrogen and oxygen atoms in total. The number of aromatic nitrogens is 1. The van der Waals surface area contributed by atoms with Gasteiger partial charge in [0.25, 0.3) is 5.91 Å². The maximum absolute atomic E-state index is 12.2. The first-order valence-electron chi connectivity index (χ1n) is 8.73. The summed E-state index contributed by atoms with van der Waals surface area (Å²) in [7, 11) is 3.50. The highest BCUT2D eigenvalue weighted by molar-refractivity contribution is 7.10. The second-order valence-corrected chi connectivity index (χ2v) is 7.92. The van der Waals surface area contributed by atoms with Crippen molar-refractivity contribution in [3.63, 3.8) is 0 Å². The summed E-state index contributed by atoms with van der Waals surface area (Å²) in [5, 5.41) is 2.19. The fourth-order valence-corrected chi connectivity index (χ4v) is 4.77. The monoisotopic (exact) mass is 357 g/mol. The number of pyridine rings is 1. The topological polar surface area (TPSA) is 45.7 Å². The third-order valence-corrected chi connectivity index (χ3v) is 6.18. The quantitative estimate of drug-likeness (QED) is 0.829. The largest absolute Gasteiger partial charge is 0.370 e. The zero-order chi connectivity index (χ0) is 17.4. The molecule has 0 bridgehead atoms. The highest BCUT2D eigenvalue weighted by Crippen LogP contribution is 2.43. The van der Waals surface area contributed by atoms with Crippen molar-refractivity contribution in [2.45, 2.75) is 24.9 Å². The van der Waals surface area contributed by atoms with Gasteiger partial charge < -0.3 is 14.5 Å². The van der Waals surface area contributed by atoms with Gasteiger partial charge in [-0.05, 0) is 42.0 Å². The van der Waals surface area contributed by atoms with Gasteiger partial charge in [0.2, 0.25) is 0 Å². The second-order valence-electron chi connectivity index (χ2n) is 6.92. The van der Waals surface area contributed by atoms with E-state index in [2.05, 4.69) is 21.3 Å². The van der Waals surface area contributed by atoms with E-state index in [-0.39, 0.29) is 11.5 Å². The van der Waals surface area contributed by atoms with Gasteiger partial charge in [0, 0.05) is 38.5 Å². The van der Waals surface area contributed by atoms with Gasteiger partial charge in [-0.25, -0.2) is 4.98 Å². The van der Waals surface area contributed by atoms with E-state index in [1.54, 1.807) is 25.1 Å². The molecule has 0 aliphatic carbocycles. The lowest BCUT2D eigenvalue weighted by Gasteiger charge is -2.44. The minimum Gasteiger partial charge on any atom is -0.370 e. The van der Waals surface area contributed by atoms with E-state index in [1.165, 1.54) is 10.4 Å². The molecule has 0 atom stereocenters. The number of anilines is 1. The molecule has 1 amide bonds. The van der Waals surface area contributed by atoms with E-state index in [9.17, 15) is 4.79 Å². The van der Waals surface area contributed by atoms with Crippen LogP contribution in [-0.4, -0.2) is 49.6 Å². The minimum absolute atomic E-state index is 0.0612.